The van der Waals surface area contributed by atoms with Gasteiger partial charge in [0.15, 0.2) is 0 Å². The number of aryl methyl sites for hydroxylation is 1. The maximum atomic E-state index is 12.7. The number of carbonyl (C=O) groups excluding carboxylic acids is 1. The first-order valence-electron chi connectivity index (χ1n) is 10.8. The van der Waals surface area contributed by atoms with Crippen molar-refractivity contribution in [3.8, 4) is 11.3 Å². The number of carbonyl (C=O) groups is 1. The highest BCUT2D eigenvalue weighted by Gasteiger charge is 2.22. The summed E-state index contributed by atoms with van der Waals surface area (Å²) in [6, 6.07) is 6.08. The minimum Gasteiger partial charge on any atom is -0.501 e. The molecule has 0 fully saturated rings. The van der Waals surface area contributed by atoms with Crippen molar-refractivity contribution in [1.29, 1.82) is 0 Å². The quantitative estimate of drug-likeness (QED) is 0.420. The summed E-state index contributed by atoms with van der Waals surface area (Å²) >= 11 is 0. The number of allylic oxidation sites excluding steroid dienone is 1. The van der Waals surface area contributed by atoms with Gasteiger partial charge in [0, 0.05) is 72.2 Å². The molecule has 1 aliphatic carbocycles. The first kappa shape index (κ1) is 20.1. The molecule has 0 radical (unpaired) electrons. The molecule has 1 aliphatic rings. The van der Waals surface area contributed by atoms with E-state index in [1.54, 1.807) is 25.8 Å². The van der Waals surface area contributed by atoms with Crippen LogP contribution < -0.4 is 5.32 Å². The van der Waals surface area contributed by atoms with Gasteiger partial charge in [0.2, 0.25) is 5.91 Å². The second-order valence-corrected chi connectivity index (χ2v) is 7.97. The van der Waals surface area contributed by atoms with Gasteiger partial charge in [-0.25, -0.2) is 9.97 Å². The minimum atomic E-state index is 0.0137. The van der Waals surface area contributed by atoms with E-state index in [1.807, 2.05) is 22.9 Å². The number of imidazole rings is 1. The fraction of sp³-hybridized carbons (Fsp3) is 0.292. The Hall–Kier alpha value is -3.81. The Morgan fingerprint density at radius 1 is 1.31 bits per heavy atom. The van der Waals surface area contributed by atoms with Crippen LogP contribution in [0.2, 0.25) is 0 Å². The molecule has 32 heavy (non-hydrogen) atoms. The molecular weight excluding hydrogens is 404 g/mol. The first-order valence-corrected chi connectivity index (χ1v) is 10.8. The number of H-pyrrole nitrogens is 1. The summed E-state index contributed by atoms with van der Waals surface area (Å²) in [4.78, 5) is 24.5. The molecule has 4 heterocycles. The monoisotopic (exact) mass is 430 g/mol. The van der Waals surface area contributed by atoms with Gasteiger partial charge in [-0.05, 0) is 37.1 Å². The number of hydrogen-bond donors (Lipinski definition) is 2. The molecule has 1 amide bonds. The summed E-state index contributed by atoms with van der Waals surface area (Å²) in [6.45, 7) is 1.76. The van der Waals surface area contributed by atoms with E-state index >= 15 is 0 Å². The summed E-state index contributed by atoms with van der Waals surface area (Å²) in [7, 11) is 1.71. The number of nitrogens with zero attached hydrogens (tertiary/aromatic N) is 4. The van der Waals surface area contributed by atoms with Gasteiger partial charge in [0.1, 0.15) is 12.2 Å². The first-order chi connectivity index (χ1) is 15.7. The van der Waals surface area contributed by atoms with Crippen molar-refractivity contribution in [2.45, 2.75) is 32.4 Å². The van der Waals surface area contributed by atoms with Gasteiger partial charge in [-0.3, -0.25) is 4.79 Å². The van der Waals surface area contributed by atoms with Crippen molar-refractivity contribution in [3.05, 3.63) is 66.3 Å². The van der Waals surface area contributed by atoms with E-state index in [-0.39, 0.29) is 5.91 Å². The van der Waals surface area contributed by atoms with E-state index in [0.717, 1.165) is 65.1 Å². The molecule has 5 rings (SSSR count). The highest BCUT2D eigenvalue weighted by molar-refractivity contribution is 5.87. The molecule has 0 saturated carbocycles. The van der Waals surface area contributed by atoms with Crippen LogP contribution in [0.3, 0.4) is 0 Å². The Bertz CT molecular complexity index is 1230. The van der Waals surface area contributed by atoms with E-state index < -0.39 is 0 Å². The molecule has 8 heteroatoms. The highest BCUT2D eigenvalue weighted by atomic mass is 16.5. The largest absolute Gasteiger partial charge is 0.501 e. The molecule has 4 aromatic rings. The van der Waals surface area contributed by atoms with Crippen LogP contribution >= 0.6 is 0 Å². The number of amides is 1. The molecule has 0 atom stereocenters. The fourth-order valence-electron chi connectivity index (χ4n) is 4.27. The predicted molar refractivity (Wildman–Crippen MR) is 123 cm³/mol. The molecular formula is C24H26N6O2. The summed E-state index contributed by atoms with van der Waals surface area (Å²) in [6.07, 6.45) is 13.9. The molecule has 0 saturated heterocycles. The Kier molecular flexibility index (Phi) is 5.49. The molecule has 2 N–H and O–H groups in total. The lowest BCUT2D eigenvalue weighted by molar-refractivity contribution is -0.121. The van der Waals surface area contributed by atoms with E-state index in [0.29, 0.717) is 13.1 Å². The van der Waals surface area contributed by atoms with Crippen molar-refractivity contribution < 1.29 is 9.53 Å². The van der Waals surface area contributed by atoms with Gasteiger partial charge in [-0.2, -0.15) is 0 Å². The molecule has 0 unspecified atom stereocenters. The van der Waals surface area contributed by atoms with E-state index in [1.165, 1.54) is 0 Å². The van der Waals surface area contributed by atoms with Crippen molar-refractivity contribution in [2.24, 2.45) is 0 Å². The van der Waals surface area contributed by atoms with Crippen LogP contribution in [0.4, 0.5) is 0 Å². The number of aromatic nitrogens is 5. The number of nitrogens with one attached hydrogen (secondary N) is 2. The number of ether oxygens (including phenoxy) is 1. The summed E-state index contributed by atoms with van der Waals surface area (Å²) in [5, 5.41) is 4.10. The number of aromatic amines is 1. The Balaban J connectivity index is 1.36. The maximum absolute atomic E-state index is 12.7. The standard InChI is InChI=1S/C24H26N6O2/c1-32-18-5-6-22-19(13-18)20(21-12-17-4-2-7-27-24(17)28-21)14-30(22)15-23(31)26-8-3-10-29-11-9-25-16-29/h2,4,7,9,11-14,16H,3,5-6,8,10,15H2,1H3,(H,26,31)(H,27,28). The highest BCUT2D eigenvalue weighted by Crippen LogP contribution is 2.35. The fourth-order valence-corrected chi connectivity index (χ4v) is 4.27. The van der Waals surface area contributed by atoms with Crippen LogP contribution in [-0.4, -0.2) is 43.6 Å². The molecule has 0 aromatic carbocycles. The minimum absolute atomic E-state index is 0.0137. The van der Waals surface area contributed by atoms with Crippen molar-refractivity contribution >= 4 is 23.0 Å². The lowest BCUT2D eigenvalue weighted by Crippen LogP contribution is -2.29. The summed E-state index contributed by atoms with van der Waals surface area (Å²) < 4.78 is 9.60. The van der Waals surface area contributed by atoms with Crippen LogP contribution in [0.1, 0.15) is 24.1 Å². The third kappa shape index (κ3) is 4.03. The Morgan fingerprint density at radius 3 is 3.06 bits per heavy atom. The number of pyridine rings is 1. The zero-order chi connectivity index (χ0) is 21.9. The number of rotatable bonds is 8. The lowest BCUT2D eigenvalue weighted by Gasteiger charge is -2.16. The van der Waals surface area contributed by atoms with Gasteiger partial charge in [0.05, 0.1) is 19.2 Å². The molecule has 0 bridgehead atoms. The molecule has 4 aromatic heterocycles. The van der Waals surface area contributed by atoms with E-state index in [2.05, 4.69) is 43.2 Å². The van der Waals surface area contributed by atoms with E-state index in [9.17, 15) is 4.79 Å². The smallest absolute Gasteiger partial charge is 0.239 e. The normalized spacial score (nSPS) is 13.1. The molecule has 8 nitrogen and oxygen atoms in total. The number of methoxy groups -OCH3 is 1. The summed E-state index contributed by atoms with van der Waals surface area (Å²) in [5.74, 6) is 0.967. The Morgan fingerprint density at radius 2 is 2.25 bits per heavy atom. The Labute approximate surface area is 185 Å². The van der Waals surface area contributed by atoms with Gasteiger partial charge in [-0.1, -0.05) is 0 Å². The zero-order valence-electron chi connectivity index (χ0n) is 18.0. The molecule has 0 spiro atoms. The van der Waals surface area contributed by atoms with Crippen LogP contribution in [0.5, 0.6) is 0 Å². The van der Waals surface area contributed by atoms with Crippen LogP contribution in [0.25, 0.3) is 28.4 Å². The van der Waals surface area contributed by atoms with Crippen LogP contribution in [0, 0.1) is 0 Å². The molecule has 164 valence electrons. The third-order valence-corrected chi connectivity index (χ3v) is 5.88. The van der Waals surface area contributed by atoms with Crippen LogP contribution in [-0.2, 0) is 29.0 Å². The predicted octanol–water partition coefficient (Wildman–Crippen LogP) is 3.37. The second kappa shape index (κ2) is 8.74. The average molecular weight is 431 g/mol. The number of hydrogen-bond acceptors (Lipinski definition) is 4. The van der Waals surface area contributed by atoms with Gasteiger partial charge in [-0.15, -0.1) is 0 Å². The van der Waals surface area contributed by atoms with Crippen molar-refractivity contribution in [2.75, 3.05) is 13.7 Å². The third-order valence-electron chi connectivity index (χ3n) is 5.88. The van der Waals surface area contributed by atoms with Gasteiger partial charge < -0.3 is 24.2 Å². The van der Waals surface area contributed by atoms with Gasteiger partial charge in [0.25, 0.3) is 0 Å². The summed E-state index contributed by atoms with van der Waals surface area (Å²) in [5.41, 5.74) is 5.16. The lowest BCUT2D eigenvalue weighted by atomic mass is 9.99. The van der Waals surface area contributed by atoms with Gasteiger partial charge >= 0.3 is 0 Å². The SMILES string of the molecule is COC1=Cc2c(-c3cc4cccnc4[nH]3)cn(CC(=O)NCCCn3ccnc3)c2CC1. The van der Waals surface area contributed by atoms with E-state index in [4.69, 9.17) is 4.74 Å². The topological polar surface area (TPSA) is 89.8 Å². The van der Waals surface area contributed by atoms with Crippen LogP contribution in [0.15, 0.2) is 55.1 Å². The zero-order valence-corrected chi connectivity index (χ0v) is 18.0. The second-order valence-electron chi connectivity index (χ2n) is 7.97. The van der Waals surface area contributed by atoms with Crippen molar-refractivity contribution in [1.82, 2.24) is 29.4 Å². The molecule has 0 aliphatic heterocycles. The van der Waals surface area contributed by atoms with Crippen molar-refractivity contribution in [3.63, 3.8) is 0 Å². The average Bonchev–Trinajstić information content (AvgIpc) is 3.55. The number of fused-ring (bicyclic) bond motifs is 2. The maximum Gasteiger partial charge on any atom is 0.239 e.